The quantitative estimate of drug-likeness (QED) is 0.677. The number of aromatic nitrogens is 2. The molecule has 0 aliphatic carbocycles. The highest BCUT2D eigenvalue weighted by atomic mass is 32.2. The highest BCUT2D eigenvalue weighted by molar-refractivity contribution is 7.87. The normalized spacial score (nSPS) is 12.6. The van der Waals surface area contributed by atoms with Gasteiger partial charge in [0.15, 0.2) is 0 Å². The molecule has 0 unspecified atom stereocenters. The molecule has 0 bridgehead atoms. The first kappa shape index (κ1) is 14.1. The van der Waals surface area contributed by atoms with E-state index in [2.05, 4.69) is 9.28 Å². The third-order valence-corrected chi connectivity index (χ3v) is 3.13. The molecule has 20 heavy (non-hydrogen) atoms. The van der Waals surface area contributed by atoms with Crippen molar-refractivity contribution in [2.45, 2.75) is 5.51 Å². The van der Waals surface area contributed by atoms with Gasteiger partial charge in [-0.25, -0.2) is 9.31 Å². The van der Waals surface area contributed by atoms with E-state index in [1.807, 2.05) is 0 Å². The number of nitrogens with zero attached hydrogens (tertiary/aromatic N) is 2. The Bertz CT molecular complexity index is 780. The van der Waals surface area contributed by atoms with Gasteiger partial charge in [0.25, 0.3) is 5.88 Å². The maximum absolute atomic E-state index is 12.2. The average Bonchev–Trinajstić information content (AvgIpc) is 2.72. The fraction of sp³-hybridized carbons (Fsp3) is 0.111. The predicted molar refractivity (Wildman–Crippen MR) is 57.8 cm³/mol. The summed E-state index contributed by atoms with van der Waals surface area (Å²) in [4.78, 5) is 10.9. The van der Waals surface area contributed by atoms with Gasteiger partial charge in [-0.2, -0.15) is 21.6 Å². The van der Waals surface area contributed by atoms with Crippen LogP contribution in [0.15, 0.2) is 24.4 Å². The Morgan fingerprint density at radius 2 is 2.05 bits per heavy atom. The summed E-state index contributed by atoms with van der Waals surface area (Å²) in [5.74, 6) is -2.84. The minimum Gasteiger partial charge on any atom is -0.477 e. The van der Waals surface area contributed by atoms with E-state index in [1.165, 1.54) is 18.3 Å². The van der Waals surface area contributed by atoms with E-state index < -0.39 is 33.0 Å². The van der Waals surface area contributed by atoms with Gasteiger partial charge in [0.1, 0.15) is 5.56 Å². The highest BCUT2D eigenvalue weighted by Crippen LogP contribution is 2.28. The molecule has 2 aromatic rings. The van der Waals surface area contributed by atoms with Gasteiger partial charge in [-0.1, -0.05) is 0 Å². The van der Waals surface area contributed by atoms with E-state index >= 15 is 0 Å². The Labute approximate surface area is 109 Å². The molecule has 0 aliphatic rings. The fourth-order valence-corrected chi connectivity index (χ4v) is 1.74. The van der Waals surface area contributed by atoms with E-state index in [-0.39, 0.29) is 5.52 Å². The Kier molecular flexibility index (Phi) is 3.08. The summed E-state index contributed by atoms with van der Waals surface area (Å²) in [6, 6.07) is 3.81. The summed E-state index contributed by atoms with van der Waals surface area (Å²) in [7, 11) is -6.00. The molecule has 7 nitrogen and oxygen atoms in total. The van der Waals surface area contributed by atoms with Crippen molar-refractivity contribution in [2.24, 2.45) is 0 Å². The summed E-state index contributed by atoms with van der Waals surface area (Å²) in [5.41, 5.74) is -6.24. The molecule has 0 atom stereocenters. The predicted octanol–water partition coefficient (Wildman–Crippen LogP) is 1.26. The maximum atomic E-state index is 12.2. The lowest BCUT2D eigenvalue weighted by Gasteiger charge is -2.10. The van der Waals surface area contributed by atoms with Crippen LogP contribution in [0.5, 0.6) is 5.88 Å². The average molecular weight is 310 g/mol. The first-order chi connectivity index (χ1) is 9.12. The number of carboxylic acids is 1. The third kappa shape index (κ3) is 2.39. The van der Waals surface area contributed by atoms with Crippen LogP contribution in [0.4, 0.5) is 13.2 Å². The number of rotatable bonds is 3. The van der Waals surface area contributed by atoms with E-state index in [0.717, 1.165) is 10.6 Å². The van der Waals surface area contributed by atoms with Gasteiger partial charge in [-0.3, -0.25) is 0 Å². The van der Waals surface area contributed by atoms with Crippen molar-refractivity contribution in [3.8, 4) is 5.88 Å². The smallest absolute Gasteiger partial charge is 0.477 e. The van der Waals surface area contributed by atoms with Crippen molar-refractivity contribution < 1.29 is 35.7 Å². The molecule has 2 heterocycles. The third-order valence-electron chi connectivity index (χ3n) is 2.18. The molecule has 0 spiro atoms. The van der Waals surface area contributed by atoms with Gasteiger partial charge in [0.05, 0.1) is 5.52 Å². The Morgan fingerprint density at radius 3 is 2.60 bits per heavy atom. The topological polar surface area (TPSA) is 98.0 Å². The largest absolute Gasteiger partial charge is 0.534 e. The van der Waals surface area contributed by atoms with Crippen molar-refractivity contribution in [1.29, 1.82) is 0 Å². The van der Waals surface area contributed by atoms with Crippen LogP contribution in [0.25, 0.3) is 5.52 Å². The standard InChI is InChI=1S/C9H5F3N2O5S/c10-9(11,12)20(17,18)19-7-6(8(15)16)4-5-2-1-3-14(5)13-7/h1-4H,(H,15,16). The highest BCUT2D eigenvalue weighted by Gasteiger charge is 2.49. The summed E-state index contributed by atoms with van der Waals surface area (Å²) in [6.07, 6.45) is 1.29. The molecule has 2 rings (SSSR count). The van der Waals surface area contributed by atoms with Gasteiger partial charge in [0, 0.05) is 6.20 Å². The fourth-order valence-electron chi connectivity index (χ4n) is 1.32. The van der Waals surface area contributed by atoms with Crippen molar-refractivity contribution in [1.82, 2.24) is 9.61 Å². The summed E-state index contributed by atoms with van der Waals surface area (Å²) in [6.45, 7) is 0. The molecule has 0 saturated carbocycles. The minimum atomic E-state index is -6.00. The lowest BCUT2D eigenvalue weighted by atomic mass is 10.3. The second kappa shape index (κ2) is 4.37. The molecule has 108 valence electrons. The number of fused-ring (bicyclic) bond motifs is 1. The SMILES string of the molecule is O=C(O)c1cc2cccn2nc1OS(=O)(=O)C(F)(F)F. The van der Waals surface area contributed by atoms with Crippen LogP contribution >= 0.6 is 0 Å². The van der Waals surface area contributed by atoms with Gasteiger partial charge >= 0.3 is 21.6 Å². The van der Waals surface area contributed by atoms with Crippen LogP contribution in [-0.2, 0) is 10.1 Å². The number of carbonyl (C=O) groups is 1. The molecule has 0 amide bonds. The number of alkyl halides is 3. The zero-order chi connectivity index (χ0) is 15.1. The van der Waals surface area contributed by atoms with E-state index in [0.29, 0.717) is 0 Å². The lowest BCUT2D eigenvalue weighted by molar-refractivity contribution is -0.0502. The van der Waals surface area contributed by atoms with E-state index in [1.54, 1.807) is 0 Å². The Balaban J connectivity index is 2.58. The van der Waals surface area contributed by atoms with Crippen LogP contribution in [0.1, 0.15) is 10.4 Å². The van der Waals surface area contributed by atoms with Crippen LogP contribution in [-0.4, -0.2) is 34.6 Å². The van der Waals surface area contributed by atoms with E-state index in [9.17, 15) is 26.4 Å². The molecule has 1 N–H and O–H groups in total. The first-order valence-corrected chi connectivity index (χ1v) is 6.25. The number of hydrogen-bond donors (Lipinski definition) is 1. The Hall–Kier alpha value is -2.30. The molecular weight excluding hydrogens is 305 g/mol. The monoisotopic (exact) mass is 310 g/mol. The Morgan fingerprint density at radius 1 is 1.40 bits per heavy atom. The van der Waals surface area contributed by atoms with Gasteiger partial charge in [-0.15, -0.1) is 5.10 Å². The summed E-state index contributed by atoms with van der Waals surface area (Å²) < 4.78 is 63.1. The van der Waals surface area contributed by atoms with Crippen LogP contribution in [0.2, 0.25) is 0 Å². The van der Waals surface area contributed by atoms with Crippen LogP contribution in [0.3, 0.4) is 0 Å². The molecule has 0 radical (unpaired) electrons. The van der Waals surface area contributed by atoms with Gasteiger partial charge in [0.2, 0.25) is 0 Å². The molecule has 0 aromatic carbocycles. The molecule has 0 fully saturated rings. The van der Waals surface area contributed by atoms with Crippen molar-refractivity contribution in [2.75, 3.05) is 0 Å². The molecule has 2 aromatic heterocycles. The molecule has 0 aliphatic heterocycles. The first-order valence-electron chi connectivity index (χ1n) is 4.84. The lowest BCUT2D eigenvalue weighted by Crippen LogP contribution is -2.29. The molecule has 0 saturated heterocycles. The van der Waals surface area contributed by atoms with Crippen LogP contribution < -0.4 is 4.18 Å². The van der Waals surface area contributed by atoms with Crippen molar-refractivity contribution in [3.63, 3.8) is 0 Å². The van der Waals surface area contributed by atoms with Crippen molar-refractivity contribution in [3.05, 3.63) is 30.0 Å². The second-order valence-electron chi connectivity index (χ2n) is 3.53. The van der Waals surface area contributed by atoms with Crippen molar-refractivity contribution >= 4 is 21.6 Å². The summed E-state index contributed by atoms with van der Waals surface area (Å²) in [5, 5.41) is 12.2. The summed E-state index contributed by atoms with van der Waals surface area (Å²) >= 11 is 0. The number of halogens is 3. The second-order valence-corrected chi connectivity index (χ2v) is 5.07. The number of hydrogen-bond acceptors (Lipinski definition) is 5. The molecular formula is C9H5F3N2O5S. The van der Waals surface area contributed by atoms with Gasteiger partial charge < -0.3 is 9.29 Å². The minimum absolute atomic E-state index is 0.249. The maximum Gasteiger partial charge on any atom is 0.534 e. The zero-order valence-corrected chi connectivity index (χ0v) is 10.1. The van der Waals surface area contributed by atoms with Crippen LogP contribution in [0, 0.1) is 0 Å². The molecule has 11 heteroatoms. The van der Waals surface area contributed by atoms with E-state index in [4.69, 9.17) is 5.11 Å². The van der Waals surface area contributed by atoms with Gasteiger partial charge in [-0.05, 0) is 18.2 Å². The number of carboxylic acid groups (broad SMARTS) is 1. The number of aromatic carboxylic acids is 1. The zero-order valence-electron chi connectivity index (χ0n) is 9.33.